The fourth-order valence-corrected chi connectivity index (χ4v) is 2.10. The molecule has 0 spiro atoms. The van der Waals surface area contributed by atoms with Crippen molar-refractivity contribution in [3.63, 3.8) is 0 Å². The average Bonchev–Trinajstić information content (AvgIpc) is 2.64. The molecule has 3 atom stereocenters. The van der Waals surface area contributed by atoms with Crippen LogP contribution in [0, 0.1) is 0 Å². The van der Waals surface area contributed by atoms with E-state index in [0.717, 1.165) is 0 Å². The van der Waals surface area contributed by atoms with Crippen molar-refractivity contribution in [2.75, 3.05) is 25.4 Å². The number of carboxylic acid groups (broad SMARTS) is 1. The maximum absolute atomic E-state index is 12.1. The summed E-state index contributed by atoms with van der Waals surface area (Å²) >= 11 is 3.98. The summed E-state index contributed by atoms with van der Waals surface area (Å²) in [6.45, 7) is -1.04. The minimum absolute atomic E-state index is 0.0612. The van der Waals surface area contributed by atoms with Crippen molar-refractivity contribution in [3.8, 4) is 0 Å². The molecule has 0 aliphatic rings. The predicted molar refractivity (Wildman–Crippen MR) is 103 cm³/mol. The van der Waals surface area contributed by atoms with Gasteiger partial charge >= 0.3 is 5.97 Å². The maximum atomic E-state index is 12.1. The van der Waals surface area contributed by atoms with Gasteiger partial charge < -0.3 is 43.4 Å². The number of aliphatic imine (C=N–C) groups is 1. The standard InChI is InChI=1S/C14H27N7O6S/c15-7(2-1-3-18-14(16)17)11(24)21-9(6-28)12(25)19-4-10(23)20-8(5-22)13(26)27/h7-9,22,28H,1-6,15H2,(H,19,25)(H,20,23)(H,21,24)(H,26,27)(H4,16,17,18). The number of thiol groups is 1. The number of aliphatic hydroxyl groups excluding tert-OH is 1. The van der Waals surface area contributed by atoms with Crippen LogP contribution in [0.4, 0.5) is 0 Å². The lowest BCUT2D eigenvalue weighted by Crippen LogP contribution is -2.54. The fraction of sp³-hybridized carbons (Fsp3) is 0.643. The van der Waals surface area contributed by atoms with Gasteiger partial charge in [0.1, 0.15) is 12.1 Å². The van der Waals surface area contributed by atoms with Crippen LogP contribution < -0.4 is 33.2 Å². The first kappa shape index (κ1) is 25.4. The van der Waals surface area contributed by atoms with Crippen LogP contribution in [0.5, 0.6) is 0 Å². The largest absolute Gasteiger partial charge is 0.480 e. The van der Waals surface area contributed by atoms with Crippen LogP contribution in [0.2, 0.25) is 0 Å². The van der Waals surface area contributed by atoms with Crippen LogP contribution in [0.3, 0.4) is 0 Å². The molecule has 0 rings (SSSR count). The number of nitrogens with zero attached hydrogens (tertiary/aromatic N) is 1. The number of amides is 3. The van der Waals surface area contributed by atoms with Crippen LogP contribution >= 0.6 is 12.6 Å². The molecular weight excluding hydrogens is 394 g/mol. The van der Waals surface area contributed by atoms with E-state index in [1.807, 2.05) is 5.32 Å². The van der Waals surface area contributed by atoms with Crippen molar-refractivity contribution >= 4 is 42.3 Å². The van der Waals surface area contributed by atoms with E-state index in [4.69, 9.17) is 27.4 Å². The molecule has 0 aliphatic carbocycles. The molecule has 0 bridgehead atoms. The van der Waals surface area contributed by atoms with Gasteiger partial charge in [-0.25, -0.2) is 4.79 Å². The predicted octanol–water partition coefficient (Wildman–Crippen LogP) is -4.54. The van der Waals surface area contributed by atoms with Crippen molar-refractivity contribution in [1.29, 1.82) is 0 Å². The molecule has 0 aromatic rings. The highest BCUT2D eigenvalue weighted by Crippen LogP contribution is 1.98. The van der Waals surface area contributed by atoms with Crippen molar-refractivity contribution < 1.29 is 29.4 Å². The average molecular weight is 421 g/mol. The normalized spacial score (nSPS) is 13.5. The van der Waals surface area contributed by atoms with Gasteiger partial charge in [-0.3, -0.25) is 19.4 Å². The Labute approximate surface area is 166 Å². The molecule has 0 aromatic heterocycles. The summed E-state index contributed by atoms with van der Waals surface area (Å²) in [7, 11) is 0. The van der Waals surface area contributed by atoms with Crippen molar-refractivity contribution in [1.82, 2.24) is 16.0 Å². The molecule has 28 heavy (non-hydrogen) atoms. The molecule has 14 heteroatoms. The summed E-state index contributed by atoms with van der Waals surface area (Å²) < 4.78 is 0. The van der Waals surface area contributed by atoms with Crippen LogP contribution in [-0.4, -0.2) is 83.4 Å². The Morgan fingerprint density at radius 1 is 1.07 bits per heavy atom. The Morgan fingerprint density at radius 2 is 1.71 bits per heavy atom. The second-order valence-corrected chi connectivity index (χ2v) is 6.02. The van der Waals surface area contributed by atoms with Crippen LogP contribution in [0.15, 0.2) is 4.99 Å². The molecule has 0 saturated heterocycles. The summed E-state index contributed by atoms with van der Waals surface area (Å²) in [6.07, 6.45) is 0.740. The van der Waals surface area contributed by atoms with Crippen LogP contribution in [-0.2, 0) is 19.2 Å². The highest BCUT2D eigenvalue weighted by atomic mass is 32.1. The van der Waals surface area contributed by atoms with E-state index in [0.29, 0.717) is 13.0 Å². The van der Waals surface area contributed by atoms with Gasteiger partial charge in [-0.1, -0.05) is 0 Å². The summed E-state index contributed by atoms with van der Waals surface area (Å²) in [5, 5.41) is 24.2. The molecule has 11 N–H and O–H groups in total. The zero-order valence-electron chi connectivity index (χ0n) is 15.1. The molecule has 0 saturated carbocycles. The SMILES string of the molecule is NC(N)=NCCCC(N)C(=O)NC(CS)C(=O)NCC(=O)NC(CO)C(=O)O. The molecular formula is C14H27N7O6S. The zero-order valence-corrected chi connectivity index (χ0v) is 16.0. The van der Waals surface area contributed by atoms with Crippen molar-refractivity contribution in [2.24, 2.45) is 22.2 Å². The lowest BCUT2D eigenvalue weighted by molar-refractivity contribution is -0.142. The smallest absolute Gasteiger partial charge is 0.328 e. The van der Waals surface area contributed by atoms with Gasteiger partial charge in [0.2, 0.25) is 17.7 Å². The number of carboxylic acids is 1. The summed E-state index contributed by atoms with van der Waals surface area (Å²) in [5.74, 6) is -3.67. The van der Waals surface area contributed by atoms with Crippen LogP contribution in [0.25, 0.3) is 0 Å². The van der Waals surface area contributed by atoms with Gasteiger partial charge in [0, 0.05) is 12.3 Å². The highest BCUT2D eigenvalue weighted by Gasteiger charge is 2.24. The second kappa shape index (κ2) is 13.6. The summed E-state index contributed by atoms with van der Waals surface area (Å²) in [6, 6.07) is -3.43. The monoisotopic (exact) mass is 421 g/mol. The van der Waals surface area contributed by atoms with Crippen molar-refractivity contribution in [2.45, 2.75) is 31.0 Å². The first-order valence-corrected chi connectivity index (χ1v) is 8.88. The van der Waals surface area contributed by atoms with Crippen molar-refractivity contribution in [3.05, 3.63) is 0 Å². The quantitative estimate of drug-likeness (QED) is 0.0601. The first-order valence-electron chi connectivity index (χ1n) is 8.25. The summed E-state index contributed by atoms with van der Waals surface area (Å²) in [5.41, 5.74) is 16.1. The Morgan fingerprint density at radius 3 is 2.21 bits per heavy atom. The molecule has 160 valence electrons. The van der Waals surface area contributed by atoms with Gasteiger partial charge in [-0.05, 0) is 12.8 Å². The first-order chi connectivity index (χ1) is 13.1. The molecule has 0 aliphatic heterocycles. The number of aliphatic hydroxyl groups is 1. The van der Waals surface area contributed by atoms with E-state index < -0.39 is 55.0 Å². The Hall–Kier alpha value is -2.58. The summed E-state index contributed by atoms with van der Waals surface area (Å²) in [4.78, 5) is 50.2. The third-order valence-corrected chi connectivity index (χ3v) is 3.72. The number of carbonyl (C=O) groups is 4. The number of nitrogens with two attached hydrogens (primary N) is 3. The number of rotatable bonds is 13. The number of carbonyl (C=O) groups excluding carboxylic acids is 3. The lowest BCUT2D eigenvalue weighted by Gasteiger charge is -2.19. The van der Waals surface area contributed by atoms with E-state index >= 15 is 0 Å². The minimum atomic E-state index is -1.48. The number of nitrogens with one attached hydrogen (secondary N) is 3. The highest BCUT2D eigenvalue weighted by molar-refractivity contribution is 7.80. The molecule has 0 aromatic carbocycles. The molecule has 13 nitrogen and oxygen atoms in total. The van der Waals surface area contributed by atoms with E-state index in [2.05, 4.69) is 28.3 Å². The van der Waals surface area contributed by atoms with Crippen LogP contribution in [0.1, 0.15) is 12.8 Å². The lowest BCUT2D eigenvalue weighted by atomic mass is 10.1. The molecule has 0 heterocycles. The van der Waals surface area contributed by atoms with E-state index in [9.17, 15) is 19.2 Å². The molecule has 0 fully saturated rings. The second-order valence-electron chi connectivity index (χ2n) is 5.66. The number of guanidine groups is 1. The van der Waals surface area contributed by atoms with Gasteiger partial charge in [0.05, 0.1) is 19.2 Å². The minimum Gasteiger partial charge on any atom is -0.480 e. The third-order valence-electron chi connectivity index (χ3n) is 3.36. The number of hydrogen-bond acceptors (Lipinski definition) is 8. The van der Waals surface area contributed by atoms with Gasteiger partial charge in [-0.2, -0.15) is 12.6 Å². The molecule has 3 unspecified atom stereocenters. The Bertz CT molecular complexity index is 585. The Balaban J connectivity index is 4.43. The van der Waals surface area contributed by atoms with E-state index in [-0.39, 0.29) is 18.1 Å². The number of aliphatic carboxylic acids is 1. The topological polar surface area (TPSA) is 235 Å². The van der Waals surface area contributed by atoms with Gasteiger partial charge in [0.15, 0.2) is 5.96 Å². The Kier molecular flexibility index (Phi) is 12.3. The number of hydrogen-bond donors (Lipinski definition) is 9. The third kappa shape index (κ3) is 10.5. The van der Waals surface area contributed by atoms with Gasteiger partial charge in [0.25, 0.3) is 0 Å². The van der Waals surface area contributed by atoms with Gasteiger partial charge in [-0.15, -0.1) is 0 Å². The zero-order chi connectivity index (χ0) is 21.7. The van der Waals surface area contributed by atoms with E-state index in [1.165, 1.54) is 0 Å². The maximum Gasteiger partial charge on any atom is 0.328 e. The van der Waals surface area contributed by atoms with E-state index in [1.54, 1.807) is 0 Å². The molecule has 0 radical (unpaired) electrons. The molecule has 3 amide bonds. The fourth-order valence-electron chi connectivity index (χ4n) is 1.84.